The third-order valence-corrected chi connectivity index (χ3v) is 4.87. The van der Waals surface area contributed by atoms with Gasteiger partial charge in [0.1, 0.15) is 5.58 Å². The van der Waals surface area contributed by atoms with Gasteiger partial charge in [0.25, 0.3) is 0 Å². The Morgan fingerprint density at radius 3 is 2.48 bits per heavy atom. The fraction of sp³-hybridized carbons (Fsp3) is 0.0588. The molecule has 25 heavy (non-hydrogen) atoms. The van der Waals surface area contributed by atoms with Crippen LogP contribution in [-0.4, -0.2) is 14.6 Å². The van der Waals surface area contributed by atoms with Crippen LogP contribution in [0.15, 0.2) is 61.6 Å². The van der Waals surface area contributed by atoms with Crippen molar-refractivity contribution in [3.8, 4) is 0 Å². The zero-order chi connectivity index (χ0) is 18.2. The second-order valence-corrected chi connectivity index (χ2v) is 7.35. The van der Waals surface area contributed by atoms with Gasteiger partial charge in [-0.15, -0.1) is 0 Å². The van der Waals surface area contributed by atoms with E-state index >= 15 is 0 Å². The maximum absolute atomic E-state index is 12.1. The number of aliphatic imine (C=N–C) groups is 1. The molecule has 3 rings (SSSR count). The molecule has 0 bridgehead atoms. The van der Waals surface area contributed by atoms with Crippen molar-refractivity contribution < 1.29 is 12.8 Å². The van der Waals surface area contributed by atoms with Crippen molar-refractivity contribution >= 4 is 44.5 Å². The van der Waals surface area contributed by atoms with E-state index in [1.54, 1.807) is 6.07 Å². The molecule has 0 aliphatic carbocycles. The van der Waals surface area contributed by atoms with Crippen LogP contribution in [0.1, 0.15) is 11.1 Å². The summed E-state index contributed by atoms with van der Waals surface area (Å²) in [6.07, 6.45) is 1.29. The molecule has 0 saturated carbocycles. The summed E-state index contributed by atoms with van der Waals surface area (Å²) in [5.41, 5.74) is 1.33. The average Bonchev–Trinajstić information content (AvgIpc) is 2.55. The minimum atomic E-state index is -3.77. The zero-order valence-electron chi connectivity index (χ0n) is 13.1. The number of hydrogen-bond donors (Lipinski definition) is 1. The number of benzene rings is 2. The number of primary sulfonamides is 1. The molecular formula is C17H13ClN2O4S. The van der Waals surface area contributed by atoms with Gasteiger partial charge in [-0.3, -0.25) is 4.99 Å². The van der Waals surface area contributed by atoms with Crippen LogP contribution in [0.25, 0.3) is 11.0 Å². The summed E-state index contributed by atoms with van der Waals surface area (Å²) in [6, 6.07) is 10.9. The van der Waals surface area contributed by atoms with Crippen LogP contribution in [0.3, 0.4) is 0 Å². The van der Waals surface area contributed by atoms with Crippen LogP contribution in [0, 0.1) is 6.92 Å². The van der Waals surface area contributed by atoms with Crippen LogP contribution in [0.5, 0.6) is 0 Å². The van der Waals surface area contributed by atoms with E-state index in [9.17, 15) is 13.2 Å². The Balaban J connectivity index is 2.03. The number of halogens is 1. The normalized spacial score (nSPS) is 12.1. The van der Waals surface area contributed by atoms with Gasteiger partial charge in [-0.1, -0.05) is 23.2 Å². The topological polar surface area (TPSA) is 103 Å². The van der Waals surface area contributed by atoms with E-state index in [1.165, 1.54) is 30.5 Å². The van der Waals surface area contributed by atoms with Crippen LogP contribution >= 0.6 is 11.6 Å². The average molecular weight is 377 g/mol. The number of rotatable bonds is 3. The first kappa shape index (κ1) is 17.3. The second kappa shape index (κ2) is 6.44. The van der Waals surface area contributed by atoms with Crippen molar-refractivity contribution in [1.29, 1.82) is 0 Å². The Labute approximate surface area is 148 Å². The van der Waals surface area contributed by atoms with Gasteiger partial charge in [-0.2, -0.15) is 0 Å². The molecule has 0 saturated heterocycles. The van der Waals surface area contributed by atoms with Gasteiger partial charge in [0.15, 0.2) is 0 Å². The first-order valence-corrected chi connectivity index (χ1v) is 9.08. The Bertz CT molecular complexity index is 1150. The van der Waals surface area contributed by atoms with Crippen LogP contribution < -0.4 is 10.8 Å². The molecule has 0 aliphatic heterocycles. The molecular weight excluding hydrogens is 364 g/mol. The molecule has 0 radical (unpaired) electrons. The maximum Gasteiger partial charge on any atom is 0.346 e. The molecule has 0 fully saturated rings. The van der Waals surface area contributed by atoms with Crippen molar-refractivity contribution in [2.45, 2.75) is 11.8 Å². The smallest absolute Gasteiger partial charge is 0.346 e. The van der Waals surface area contributed by atoms with Gasteiger partial charge >= 0.3 is 5.63 Å². The van der Waals surface area contributed by atoms with Crippen molar-refractivity contribution in [3.63, 3.8) is 0 Å². The van der Waals surface area contributed by atoms with Gasteiger partial charge < -0.3 is 4.42 Å². The molecule has 2 aromatic carbocycles. The monoisotopic (exact) mass is 376 g/mol. The van der Waals surface area contributed by atoms with E-state index in [-0.39, 0.29) is 15.5 Å². The second-order valence-electron chi connectivity index (χ2n) is 5.41. The standard InChI is InChI=1S/C17H13ClN2O4S/c1-10-2-7-15-13(8-10)16(18)14(17(21)24-15)9-20-11-3-5-12(6-4-11)25(19,22)23/h2-9H,1H3,(H2,19,22,23). The highest BCUT2D eigenvalue weighted by Gasteiger charge is 2.12. The minimum absolute atomic E-state index is 0.0230. The largest absolute Gasteiger partial charge is 0.422 e. The Hall–Kier alpha value is -2.48. The molecule has 6 nitrogen and oxygen atoms in total. The summed E-state index contributed by atoms with van der Waals surface area (Å²) < 4.78 is 27.7. The molecule has 3 aromatic rings. The van der Waals surface area contributed by atoms with Crippen LogP contribution in [0.2, 0.25) is 5.02 Å². The molecule has 0 amide bonds. The minimum Gasteiger partial charge on any atom is -0.422 e. The lowest BCUT2D eigenvalue weighted by atomic mass is 10.1. The molecule has 0 unspecified atom stereocenters. The third kappa shape index (κ3) is 3.63. The van der Waals surface area contributed by atoms with E-state index in [4.69, 9.17) is 21.2 Å². The molecule has 8 heteroatoms. The van der Waals surface area contributed by atoms with E-state index in [2.05, 4.69) is 4.99 Å². The summed E-state index contributed by atoms with van der Waals surface area (Å²) in [5, 5.41) is 5.91. The number of nitrogens with zero attached hydrogens (tertiary/aromatic N) is 1. The van der Waals surface area contributed by atoms with E-state index in [0.29, 0.717) is 16.7 Å². The van der Waals surface area contributed by atoms with E-state index in [0.717, 1.165) is 5.56 Å². The molecule has 0 aliphatic rings. The Morgan fingerprint density at radius 2 is 1.84 bits per heavy atom. The van der Waals surface area contributed by atoms with Crippen molar-refractivity contribution in [2.24, 2.45) is 10.1 Å². The van der Waals surface area contributed by atoms with Gasteiger partial charge in [-0.25, -0.2) is 18.4 Å². The highest BCUT2D eigenvalue weighted by atomic mass is 35.5. The number of nitrogens with two attached hydrogens (primary N) is 1. The quantitative estimate of drug-likeness (QED) is 0.560. The molecule has 1 heterocycles. The van der Waals surface area contributed by atoms with E-state index < -0.39 is 15.6 Å². The summed E-state index contributed by atoms with van der Waals surface area (Å²) in [5.74, 6) is 0. The predicted molar refractivity (Wildman–Crippen MR) is 97.3 cm³/mol. The number of hydrogen-bond acceptors (Lipinski definition) is 5. The van der Waals surface area contributed by atoms with Crippen LogP contribution in [-0.2, 0) is 10.0 Å². The summed E-state index contributed by atoms with van der Waals surface area (Å²) in [7, 11) is -3.77. The lowest BCUT2D eigenvalue weighted by Crippen LogP contribution is -2.11. The zero-order valence-corrected chi connectivity index (χ0v) is 14.6. The first-order valence-electron chi connectivity index (χ1n) is 7.15. The Kier molecular flexibility index (Phi) is 4.47. The van der Waals surface area contributed by atoms with Crippen LogP contribution in [0.4, 0.5) is 5.69 Å². The van der Waals surface area contributed by atoms with E-state index in [1.807, 2.05) is 19.1 Å². The summed E-state index contributed by atoms with van der Waals surface area (Å²) >= 11 is 6.32. The highest BCUT2D eigenvalue weighted by molar-refractivity contribution is 7.89. The molecule has 1 aromatic heterocycles. The van der Waals surface area contributed by atoms with Crippen molar-refractivity contribution in [2.75, 3.05) is 0 Å². The maximum atomic E-state index is 12.1. The summed E-state index contributed by atoms with van der Waals surface area (Å²) in [4.78, 5) is 16.2. The van der Waals surface area contributed by atoms with Crippen molar-refractivity contribution in [3.05, 3.63) is 69.0 Å². The third-order valence-electron chi connectivity index (χ3n) is 3.54. The van der Waals surface area contributed by atoms with Gasteiger partial charge in [-0.05, 0) is 43.3 Å². The SMILES string of the molecule is Cc1ccc2oc(=O)c(C=Nc3ccc(S(N)(=O)=O)cc3)c(Cl)c2c1. The van der Waals surface area contributed by atoms with Gasteiger partial charge in [0, 0.05) is 11.6 Å². The molecule has 128 valence electrons. The summed E-state index contributed by atoms with van der Waals surface area (Å²) in [6.45, 7) is 1.90. The first-order chi connectivity index (χ1) is 11.8. The lowest BCUT2D eigenvalue weighted by Gasteiger charge is -2.03. The number of fused-ring (bicyclic) bond motifs is 1. The number of sulfonamides is 1. The molecule has 2 N–H and O–H groups in total. The fourth-order valence-corrected chi connectivity index (χ4v) is 3.05. The predicted octanol–water partition coefficient (Wildman–Crippen LogP) is 3.15. The van der Waals surface area contributed by atoms with Crippen molar-refractivity contribution in [1.82, 2.24) is 0 Å². The Morgan fingerprint density at radius 1 is 1.16 bits per heavy atom. The van der Waals surface area contributed by atoms with Gasteiger partial charge in [0.2, 0.25) is 10.0 Å². The van der Waals surface area contributed by atoms with Gasteiger partial charge in [0.05, 0.1) is 21.2 Å². The highest BCUT2D eigenvalue weighted by Crippen LogP contribution is 2.25. The fourth-order valence-electron chi connectivity index (χ4n) is 2.26. The molecule has 0 spiro atoms. The molecule has 0 atom stereocenters. The number of aryl methyl sites for hydroxylation is 1. The lowest BCUT2D eigenvalue weighted by molar-refractivity contribution is 0.560.